The summed E-state index contributed by atoms with van der Waals surface area (Å²) < 4.78 is 13.2. The minimum Gasteiger partial charge on any atom is -0.308 e. The summed E-state index contributed by atoms with van der Waals surface area (Å²) >= 11 is 0. The maximum absolute atomic E-state index is 13.2. The van der Waals surface area contributed by atoms with Crippen LogP contribution in [0.3, 0.4) is 0 Å². The Labute approximate surface area is 111 Å². The highest BCUT2D eigenvalue weighted by Crippen LogP contribution is 2.27. The van der Waals surface area contributed by atoms with E-state index in [1.165, 1.54) is 12.1 Å². The van der Waals surface area contributed by atoms with Crippen LogP contribution < -0.4 is 11.3 Å². The van der Waals surface area contributed by atoms with Crippen LogP contribution in [0.4, 0.5) is 10.2 Å². The number of hydrogen-bond donors (Lipinski definition) is 2. The second-order valence-electron chi connectivity index (χ2n) is 4.70. The maximum Gasteiger partial charge on any atom is 0.161 e. The highest BCUT2D eigenvalue weighted by molar-refractivity contribution is 5.60. The van der Waals surface area contributed by atoms with E-state index in [-0.39, 0.29) is 11.7 Å². The second kappa shape index (κ2) is 5.32. The summed E-state index contributed by atoms with van der Waals surface area (Å²) in [4.78, 5) is 8.81. The van der Waals surface area contributed by atoms with Crippen LogP contribution in [0.5, 0.6) is 0 Å². The first-order valence-corrected chi connectivity index (χ1v) is 6.14. The topological polar surface area (TPSA) is 63.8 Å². The molecule has 0 saturated carbocycles. The van der Waals surface area contributed by atoms with Gasteiger partial charge in [0.05, 0.1) is 0 Å². The zero-order chi connectivity index (χ0) is 14.0. The number of nitrogens with zero attached hydrogens (tertiary/aromatic N) is 2. The Bertz CT molecular complexity index is 596. The van der Waals surface area contributed by atoms with Crippen molar-refractivity contribution in [3.05, 3.63) is 41.3 Å². The summed E-state index contributed by atoms with van der Waals surface area (Å²) in [6.07, 6.45) is 0. The van der Waals surface area contributed by atoms with Gasteiger partial charge in [-0.3, -0.25) is 0 Å². The molecule has 5 heteroatoms. The van der Waals surface area contributed by atoms with Gasteiger partial charge in [-0.2, -0.15) is 0 Å². The Balaban J connectivity index is 2.58. The van der Waals surface area contributed by atoms with E-state index in [9.17, 15) is 4.39 Å². The van der Waals surface area contributed by atoms with Crippen LogP contribution in [0, 0.1) is 12.7 Å². The van der Waals surface area contributed by atoms with Crippen LogP contribution in [0.15, 0.2) is 24.3 Å². The predicted octanol–water partition coefficient (Wildman–Crippen LogP) is 3.00. The van der Waals surface area contributed by atoms with Gasteiger partial charge in [-0.05, 0) is 25.0 Å². The highest BCUT2D eigenvalue weighted by Gasteiger charge is 2.15. The van der Waals surface area contributed by atoms with Crippen LogP contribution in [-0.4, -0.2) is 9.97 Å². The molecule has 2 rings (SSSR count). The molecule has 0 aliphatic heterocycles. The van der Waals surface area contributed by atoms with Gasteiger partial charge >= 0.3 is 0 Å². The monoisotopic (exact) mass is 260 g/mol. The van der Waals surface area contributed by atoms with Gasteiger partial charge in [0.15, 0.2) is 5.82 Å². The van der Waals surface area contributed by atoms with Crippen LogP contribution in [-0.2, 0) is 0 Å². The molecular formula is C14H17FN4. The number of rotatable bonds is 3. The van der Waals surface area contributed by atoms with E-state index in [2.05, 4.69) is 15.4 Å². The largest absolute Gasteiger partial charge is 0.308 e. The van der Waals surface area contributed by atoms with Gasteiger partial charge in [0.2, 0.25) is 0 Å². The van der Waals surface area contributed by atoms with Gasteiger partial charge in [-0.15, -0.1) is 0 Å². The molecule has 19 heavy (non-hydrogen) atoms. The minimum absolute atomic E-state index is 0.257. The summed E-state index contributed by atoms with van der Waals surface area (Å²) in [5.41, 5.74) is 5.05. The molecule has 1 aromatic carbocycles. The standard InChI is InChI=1S/C14H17FN4/c1-8(2)12-9(3)17-13(18-14(12)19-16)10-5-4-6-11(15)7-10/h4-8H,16H2,1-3H3,(H,17,18,19). The molecule has 100 valence electrons. The summed E-state index contributed by atoms with van der Waals surface area (Å²) in [7, 11) is 0. The lowest BCUT2D eigenvalue weighted by Crippen LogP contribution is -2.14. The number of aryl methyl sites for hydroxylation is 1. The third kappa shape index (κ3) is 2.71. The van der Waals surface area contributed by atoms with Gasteiger partial charge < -0.3 is 5.43 Å². The molecule has 0 bridgehead atoms. The SMILES string of the molecule is Cc1nc(-c2cccc(F)c2)nc(NN)c1C(C)C. The van der Waals surface area contributed by atoms with Crippen molar-refractivity contribution in [3.8, 4) is 11.4 Å². The van der Waals surface area contributed by atoms with Crippen LogP contribution >= 0.6 is 0 Å². The third-order valence-electron chi connectivity index (χ3n) is 2.93. The number of nitrogen functional groups attached to an aromatic ring is 1. The Morgan fingerprint density at radius 3 is 2.58 bits per heavy atom. The lowest BCUT2D eigenvalue weighted by Gasteiger charge is -2.15. The summed E-state index contributed by atoms with van der Waals surface area (Å²) in [5.74, 6) is 6.52. The molecule has 0 spiro atoms. The highest BCUT2D eigenvalue weighted by atomic mass is 19.1. The van der Waals surface area contributed by atoms with Gasteiger partial charge in [-0.1, -0.05) is 26.0 Å². The van der Waals surface area contributed by atoms with Crippen molar-refractivity contribution in [1.82, 2.24) is 9.97 Å². The zero-order valence-corrected chi connectivity index (χ0v) is 11.2. The van der Waals surface area contributed by atoms with Crippen LogP contribution in [0.25, 0.3) is 11.4 Å². The number of hydrazine groups is 1. The number of benzene rings is 1. The molecule has 0 aliphatic carbocycles. The molecule has 0 saturated heterocycles. The Morgan fingerprint density at radius 1 is 1.26 bits per heavy atom. The molecule has 0 fully saturated rings. The van der Waals surface area contributed by atoms with Crippen LogP contribution in [0.1, 0.15) is 31.0 Å². The number of nitrogens with one attached hydrogen (secondary N) is 1. The van der Waals surface area contributed by atoms with E-state index in [4.69, 9.17) is 5.84 Å². The summed E-state index contributed by atoms with van der Waals surface area (Å²) in [5, 5.41) is 0. The fraction of sp³-hybridized carbons (Fsp3) is 0.286. The van der Waals surface area contributed by atoms with Crippen molar-refractivity contribution in [3.63, 3.8) is 0 Å². The molecule has 1 heterocycles. The average molecular weight is 260 g/mol. The van der Waals surface area contributed by atoms with E-state index < -0.39 is 0 Å². The van der Waals surface area contributed by atoms with E-state index in [0.29, 0.717) is 17.2 Å². The minimum atomic E-state index is -0.311. The quantitative estimate of drug-likeness (QED) is 0.657. The molecule has 3 N–H and O–H groups in total. The normalized spacial score (nSPS) is 10.8. The first kappa shape index (κ1) is 13.4. The smallest absolute Gasteiger partial charge is 0.161 e. The van der Waals surface area contributed by atoms with E-state index in [1.54, 1.807) is 12.1 Å². The number of hydrogen-bond acceptors (Lipinski definition) is 4. The molecule has 1 aromatic heterocycles. The molecule has 0 amide bonds. The van der Waals surface area contributed by atoms with Crippen molar-refractivity contribution in [2.24, 2.45) is 5.84 Å². The Morgan fingerprint density at radius 2 is 2.00 bits per heavy atom. The Kier molecular flexibility index (Phi) is 3.76. The second-order valence-corrected chi connectivity index (χ2v) is 4.70. The van der Waals surface area contributed by atoms with Crippen molar-refractivity contribution in [1.29, 1.82) is 0 Å². The van der Waals surface area contributed by atoms with E-state index in [0.717, 1.165) is 11.3 Å². The Hall–Kier alpha value is -2.01. The lowest BCUT2D eigenvalue weighted by molar-refractivity contribution is 0.628. The summed E-state index contributed by atoms with van der Waals surface area (Å²) in [6, 6.07) is 6.20. The molecule has 4 nitrogen and oxygen atoms in total. The number of halogens is 1. The average Bonchev–Trinajstić information content (AvgIpc) is 2.37. The van der Waals surface area contributed by atoms with Gasteiger partial charge in [0.25, 0.3) is 0 Å². The number of nitrogens with two attached hydrogens (primary N) is 1. The first-order valence-electron chi connectivity index (χ1n) is 6.14. The van der Waals surface area contributed by atoms with Gasteiger partial charge in [-0.25, -0.2) is 20.2 Å². The fourth-order valence-electron chi connectivity index (χ4n) is 2.14. The molecule has 0 atom stereocenters. The lowest BCUT2D eigenvalue weighted by atomic mass is 10.0. The summed E-state index contributed by atoms with van der Waals surface area (Å²) in [6.45, 7) is 6.00. The fourth-order valence-corrected chi connectivity index (χ4v) is 2.14. The predicted molar refractivity (Wildman–Crippen MR) is 74.1 cm³/mol. The van der Waals surface area contributed by atoms with Crippen molar-refractivity contribution in [2.45, 2.75) is 26.7 Å². The zero-order valence-electron chi connectivity index (χ0n) is 11.2. The van der Waals surface area contributed by atoms with Gasteiger partial charge in [0.1, 0.15) is 11.6 Å². The van der Waals surface area contributed by atoms with Crippen molar-refractivity contribution < 1.29 is 4.39 Å². The first-order chi connectivity index (χ1) is 9.02. The molecule has 0 aliphatic rings. The van der Waals surface area contributed by atoms with E-state index in [1.807, 2.05) is 20.8 Å². The molecule has 2 aromatic rings. The van der Waals surface area contributed by atoms with Crippen molar-refractivity contribution in [2.75, 3.05) is 5.43 Å². The van der Waals surface area contributed by atoms with E-state index >= 15 is 0 Å². The third-order valence-corrected chi connectivity index (χ3v) is 2.93. The molecule has 0 unspecified atom stereocenters. The molecular weight excluding hydrogens is 243 g/mol. The van der Waals surface area contributed by atoms with Crippen molar-refractivity contribution >= 4 is 5.82 Å². The number of anilines is 1. The van der Waals surface area contributed by atoms with Gasteiger partial charge in [0, 0.05) is 16.8 Å². The maximum atomic E-state index is 13.2. The number of aromatic nitrogens is 2. The molecule has 0 radical (unpaired) electrons. The van der Waals surface area contributed by atoms with Crippen LogP contribution in [0.2, 0.25) is 0 Å².